The highest BCUT2D eigenvalue weighted by Gasteiger charge is 2.10. The monoisotopic (exact) mass is 408 g/mol. The van der Waals surface area contributed by atoms with E-state index in [0.29, 0.717) is 5.16 Å². The highest BCUT2D eigenvalue weighted by Crippen LogP contribution is 2.24. The largest absolute Gasteiger partial charge is 0.325 e. The lowest BCUT2D eigenvalue weighted by Crippen LogP contribution is -2.14. The Kier molecular flexibility index (Phi) is 5.14. The van der Waals surface area contributed by atoms with E-state index in [0.717, 1.165) is 26.4 Å². The molecule has 5 nitrogen and oxygen atoms in total. The molecule has 0 unspecified atom stereocenters. The number of nitrogens with zero attached hydrogens (tertiary/aromatic N) is 2. The van der Waals surface area contributed by atoms with Crippen LogP contribution in [-0.4, -0.2) is 26.8 Å². The average Bonchev–Trinajstić information content (AvgIpc) is 3.19. The first-order chi connectivity index (χ1) is 11.1. The van der Waals surface area contributed by atoms with E-state index < -0.39 is 0 Å². The molecule has 23 heavy (non-hydrogen) atoms. The Balaban J connectivity index is 1.55. The van der Waals surface area contributed by atoms with Gasteiger partial charge < -0.3 is 5.32 Å². The predicted molar refractivity (Wildman–Crippen MR) is 97.9 cm³/mol. The van der Waals surface area contributed by atoms with Crippen molar-refractivity contribution in [2.75, 3.05) is 11.1 Å². The zero-order valence-corrected chi connectivity index (χ0v) is 15.4. The van der Waals surface area contributed by atoms with E-state index in [4.69, 9.17) is 0 Å². The highest BCUT2D eigenvalue weighted by molar-refractivity contribution is 9.10. The molecule has 0 aliphatic carbocycles. The maximum absolute atomic E-state index is 12.0. The van der Waals surface area contributed by atoms with Gasteiger partial charge in [-0.1, -0.05) is 39.8 Å². The van der Waals surface area contributed by atoms with Crippen LogP contribution in [0.15, 0.2) is 45.3 Å². The number of hydrogen-bond donors (Lipinski definition) is 2. The minimum atomic E-state index is -0.0896. The van der Waals surface area contributed by atoms with Gasteiger partial charge in [0.05, 0.1) is 10.6 Å². The Bertz CT molecular complexity index is 817. The second kappa shape index (κ2) is 7.29. The number of benzene rings is 1. The van der Waals surface area contributed by atoms with Crippen LogP contribution < -0.4 is 5.32 Å². The summed E-state index contributed by atoms with van der Waals surface area (Å²) < 4.78 is 0.970. The first-order valence-corrected chi connectivity index (χ1v) is 9.43. The lowest BCUT2D eigenvalue weighted by atomic mass is 10.2. The van der Waals surface area contributed by atoms with Gasteiger partial charge >= 0.3 is 0 Å². The zero-order chi connectivity index (χ0) is 16.2. The van der Waals surface area contributed by atoms with Crippen LogP contribution in [0.2, 0.25) is 0 Å². The standard InChI is InChI=1S/C15H13BrN4OS2/c1-9-4-5-10(7-11(9)16)17-13(21)8-23-15-18-14(19-20-15)12-3-2-6-22-12/h2-7H,8H2,1H3,(H,17,21)(H,18,19,20). The highest BCUT2D eigenvalue weighted by atomic mass is 79.9. The van der Waals surface area contributed by atoms with Crippen LogP contribution in [0.5, 0.6) is 0 Å². The number of aryl methyl sites for hydroxylation is 1. The van der Waals surface area contributed by atoms with Gasteiger partial charge in [-0.3, -0.25) is 9.89 Å². The molecule has 2 N–H and O–H groups in total. The van der Waals surface area contributed by atoms with Crippen molar-refractivity contribution in [1.29, 1.82) is 0 Å². The molecular formula is C15H13BrN4OS2. The van der Waals surface area contributed by atoms with Crippen molar-refractivity contribution in [3.05, 3.63) is 45.7 Å². The number of aromatic amines is 1. The summed E-state index contributed by atoms with van der Waals surface area (Å²) in [5.74, 6) is 0.895. The number of carbonyl (C=O) groups excluding carboxylic acids is 1. The molecule has 0 aliphatic rings. The first-order valence-electron chi connectivity index (χ1n) is 6.77. The number of carbonyl (C=O) groups is 1. The molecule has 118 valence electrons. The summed E-state index contributed by atoms with van der Waals surface area (Å²) in [6, 6.07) is 9.66. The number of halogens is 1. The Morgan fingerprint density at radius 1 is 1.43 bits per heavy atom. The molecule has 2 heterocycles. The fraction of sp³-hybridized carbons (Fsp3) is 0.133. The third kappa shape index (κ3) is 4.21. The summed E-state index contributed by atoms with van der Waals surface area (Å²) in [6.07, 6.45) is 0. The van der Waals surface area contributed by atoms with Gasteiger partial charge in [-0.2, -0.15) is 0 Å². The quantitative estimate of drug-likeness (QED) is 0.616. The fourth-order valence-electron chi connectivity index (χ4n) is 1.83. The van der Waals surface area contributed by atoms with E-state index in [2.05, 4.69) is 36.4 Å². The summed E-state index contributed by atoms with van der Waals surface area (Å²) in [7, 11) is 0. The normalized spacial score (nSPS) is 10.7. The van der Waals surface area contributed by atoms with Gasteiger partial charge in [0.25, 0.3) is 0 Å². The Hall–Kier alpha value is -1.64. The number of H-pyrrole nitrogens is 1. The third-order valence-electron chi connectivity index (χ3n) is 3.01. The van der Waals surface area contributed by atoms with Crippen LogP contribution in [0.1, 0.15) is 5.56 Å². The van der Waals surface area contributed by atoms with Crippen LogP contribution in [-0.2, 0) is 4.79 Å². The summed E-state index contributed by atoms with van der Waals surface area (Å²) in [6.45, 7) is 2.00. The number of thioether (sulfide) groups is 1. The molecule has 3 aromatic rings. The molecule has 0 saturated heterocycles. The number of nitrogens with one attached hydrogen (secondary N) is 2. The molecule has 0 saturated carbocycles. The molecule has 8 heteroatoms. The molecule has 1 amide bonds. The van der Waals surface area contributed by atoms with Gasteiger partial charge in [0.1, 0.15) is 0 Å². The van der Waals surface area contributed by atoms with E-state index in [-0.39, 0.29) is 11.7 Å². The van der Waals surface area contributed by atoms with Crippen molar-refractivity contribution in [2.24, 2.45) is 0 Å². The van der Waals surface area contributed by atoms with E-state index in [1.165, 1.54) is 11.8 Å². The van der Waals surface area contributed by atoms with Crippen molar-refractivity contribution < 1.29 is 4.79 Å². The topological polar surface area (TPSA) is 70.7 Å². The molecular weight excluding hydrogens is 396 g/mol. The lowest BCUT2D eigenvalue weighted by Gasteiger charge is -2.06. The molecule has 0 radical (unpaired) electrons. The third-order valence-corrected chi connectivity index (χ3v) is 5.59. The van der Waals surface area contributed by atoms with E-state index in [9.17, 15) is 4.79 Å². The van der Waals surface area contributed by atoms with Gasteiger partial charge in [-0.25, -0.2) is 4.98 Å². The van der Waals surface area contributed by atoms with Crippen LogP contribution in [0.25, 0.3) is 10.7 Å². The van der Waals surface area contributed by atoms with Crippen LogP contribution >= 0.6 is 39.0 Å². The second-order valence-corrected chi connectivity index (χ2v) is 7.49. The van der Waals surface area contributed by atoms with E-state index in [1.54, 1.807) is 11.3 Å². The molecule has 2 aromatic heterocycles. The lowest BCUT2D eigenvalue weighted by molar-refractivity contribution is -0.113. The molecule has 0 aliphatic heterocycles. The maximum atomic E-state index is 12.0. The number of amides is 1. The van der Waals surface area contributed by atoms with Gasteiger partial charge in [-0.15, -0.1) is 16.4 Å². The van der Waals surface area contributed by atoms with Gasteiger partial charge in [0.2, 0.25) is 11.1 Å². The Labute approximate surface area is 150 Å². The second-order valence-electron chi connectivity index (χ2n) is 4.74. The van der Waals surface area contributed by atoms with Crippen molar-refractivity contribution >= 4 is 50.6 Å². The van der Waals surface area contributed by atoms with Crippen molar-refractivity contribution in [3.8, 4) is 10.7 Å². The maximum Gasteiger partial charge on any atom is 0.234 e. The smallest absolute Gasteiger partial charge is 0.234 e. The number of aromatic nitrogens is 3. The molecule has 0 atom stereocenters. The summed E-state index contributed by atoms with van der Waals surface area (Å²) in [5, 5.41) is 12.4. The number of rotatable bonds is 5. The van der Waals surface area contributed by atoms with Crippen LogP contribution in [0.3, 0.4) is 0 Å². The van der Waals surface area contributed by atoms with Crippen molar-refractivity contribution in [2.45, 2.75) is 12.1 Å². The molecule has 3 rings (SSSR count). The molecule has 0 fully saturated rings. The molecule has 1 aromatic carbocycles. The zero-order valence-electron chi connectivity index (χ0n) is 12.2. The summed E-state index contributed by atoms with van der Waals surface area (Å²) in [4.78, 5) is 17.4. The van der Waals surface area contributed by atoms with Gasteiger partial charge in [0.15, 0.2) is 5.82 Å². The number of thiophene rings is 1. The number of anilines is 1. The van der Waals surface area contributed by atoms with E-state index in [1.807, 2.05) is 42.6 Å². The van der Waals surface area contributed by atoms with Crippen molar-refractivity contribution in [1.82, 2.24) is 15.2 Å². The minimum Gasteiger partial charge on any atom is -0.325 e. The fourth-order valence-corrected chi connectivity index (χ4v) is 3.47. The Morgan fingerprint density at radius 2 is 2.30 bits per heavy atom. The minimum absolute atomic E-state index is 0.0896. The van der Waals surface area contributed by atoms with E-state index >= 15 is 0 Å². The number of hydrogen-bond acceptors (Lipinski definition) is 5. The van der Waals surface area contributed by atoms with Crippen LogP contribution in [0.4, 0.5) is 5.69 Å². The Morgan fingerprint density at radius 3 is 3.04 bits per heavy atom. The van der Waals surface area contributed by atoms with Gasteiger partial charge in [0, 0.05) is 10.2 Å². The SMILES string of the molecule is Cc1ccc(NC(=O)CSc2n[nH]c(-c3cccs3)n2)cc1Br. The summed E-state index contributed by atoms with van der Waals surface area (Å²) in [5.41, 5.74) is 1.89. The molecule has 0 spiro atoms. The summed E-state index contributed by atoms with van der Waals surface area (Å²) >= 11 is 6.35. The first kappa shape index (κ1) is 16.2. The predicted octanol–water partition coefficient (Wildman–Crippen LogP) is 4.33. The van der Waals surface area contributed by atoms with Gasteiger partial charge in [-0.05, 0) is 36.1 Å². The van der Waals surface area contributed by atoms with Crippen molar-refractivity contribution in [3.63, 3.8) is 0 Å². The van der Waals surface area contributed by atoms with Crippen LogP contribution in [0, 0.1) is 6.92 Å². The molecule has 0 bridgehead atoms. The average molecular weight is 409 g/mol.